The van der Waals surface area contributed by atoms with Gasteiger partial charge < -0.3 is 10.0 Å². The molecular formula is C14H20Cl2N2O3S. The lowest BCUT2D eigenvalue weighted by Gasteiger charge is -2.28. The SMILES string of the molecule is CN(CCN1CCCCC1)S(=O)(=O)c1cc(Cl)cc(Cl)c1O. The molecule has 0 bridgehead atoms. The van der Waals surface area contributed by atoms with E-state index < -0.39 is 15.8 Å². The van der Waals surface area contributed by atoms with Gasteiger partial charge in [-0.25, -0.2) is 8.42 Å². The maximum atomic E-state index is 12.6. The normalized spacial score (nSPS) is 17.1. The third-order valence-electron chi connectivity index (χ3n) is 3.86. The van der Waals surface area contributed by atoms with Crippen molar-refractivity contribution in [3.8, 4) is 5.75 Å². The summed E-state index contributed by atoms with van der Waals surface area (Å²) in [6.07, 6.45) is 3.54. The molecule has 1 aromatic rings. The van der Waals surface area contributed by atoms with Crippen LogP contribution in [-0.2, 0) is 10.0 Å². The number of hydrogen-bond donors (Lipinski definition) is 1. The monoisotopic (exact) mass is 366 g/mol. The first kappa shape index (κ1) is 17.8. The van der Waals surface area contributed by atoms with Crippen LogP contribution in [0.3, 0.4) is 0 Å². The highest BCUT2D eigenvalue weighted by molar-refractivity contribution is 7.89. The van der Waals surface area contributed by atoms with Gasteiger partial charge in [0.25, 0.3) is 0 Å². The van der Waals surface area contributed by atoms with Gasteiger partial charge in [-0.2, -0.15) is 4.31 Å². The number of rotatable bonds is 5. The zero-order chi connectivity index (χ0) is 16.3. The number of benzene rings is 1. The van der Waals surface area contributed by atoms with Crippen molar-refractivity contribution in [2.45, 2.75) is 24.2 Å². The van der Waals surface area contributed by atoms with Crippen molar-refractivity contribution in [3.05, 3.63) is 22.2 Å². The molecule has 1 fully saturated rings. The summed E-state index contributed by atoms with van der Waals surface area (Å²) in [6, 6.07) is 2.53. The molecule has 124 valence electrons. The van der Waals surface area contributed by atoms with E-state index in [9.17, 15) is 13.5 Å². The lowest BCUT2D eigenvalue weighted by Crippen LogP contribution is -2.38. The van der Waals surface area contributed by atoms with Crippen LogP contribution in [0.4, 0.5) is 0 Å². The lowest BCUT2D eigenvalue weighted by molar-refractivity contribution is 0.218. The summed E-state index contributed by atoms with van der Waals surface area (Å²) < 4.78 is 26.3. The van der Waals surface area contributed by atoms with Gasteiger partial charge in [-0.15, -0.1) is 0 Å². The van der Waals surface area contributed by atoms with Crippen LogP contribution in [0.15, 0.2) is 17.0 Å². The van der Waals surface area contributed by atoms with Gasteiger partial charge in [0.2, 0.25) is 10.0 Å². The number of sulfonamides is 1. The summed E-state index contributed by atoms with van der Waals surface area (Å²) in [7, 11) is -2.33. The molecule has 2 rings (SSSR count). The zero-order valence-corrected chi connectivity index (χ0v) is 14.8. The second kappa shape index (κ2) is 7.36. The van der Waals surface area contributed by atoms with Crippen LogP contribution in [0, 0.1) is 0 Å². The smallest absolute Gasteiger partial charge is 0.246 e. The van der Waals surface area contributed by atoms with E-state index in [2.05, 4.69) is 4.90 Å². The molecule has 1 aliphatic heterocycles. The van der Waals surface area contributed by atoms with E-state index in [1.165, 1.54) is 29.9 Å². The Balaban J connectivity index is 2.12. The first-order valence-corrected chi connectivity index (χ1v) is 9.38. The van der Waals surface area contributed by atoms with Crippen molar-refractivity contribution in [1.29, 1.82) is 0 Å². The van der Waals surface area contributed by atoms with Crippen LogP contribution in [0.2, 0.25) is 10.0 Å². The molecule has 22 heavy (non-hydrogen) atoms. The zero-order valence-electron chi connectivity index (χ0n) is 12.4. The van der Waals surface area contributed by atoms with Crippen LogP contribution < -0.4 is 0 Å². The van der Waals surface area contributed by atoms with Gasteiger partial charge in [0.15, 0.2) is 5.75 Å². The van der Waals surface area contributed by atoms with Gasteiger partial charge in [-0.3, -0.25) is 0 Å². The molecule has 0 spiro atoms. The van der Waals surface area contributed by atoms with Gasteiger partial charge in [0, 0.05) is 25.2 Å². The molecular weight excluding hydrogens is 347 g/mol. The molecule has 0 aromatic heterocycles. The van der Waals surface area contributed by atoms with Crippen LogP contribution in [0.5, 0.6) is 5.75 Å². The van der Waals surface area contributed by atoms with Crippen molar-refractivity contribution in [2.75, 3.05) is 33.2 Å². The van der Waals surface area contributed by atoms with Gasteiger partial charge >= 0.3 is 0 Å². The van der Waals surface area contributed by atoms with Crippen molar-refractivity contribution in [2.24, 2.45) is 0 Å². The van der Waals surface area contributed by atoms with Crippen molar-refractivity contribution < 1.29 is 13.5 Å². The number of piperidine rings is 1. The standard InChI is InChI=1S/C14H20Cl2N2O3S/c1-17(7-8-18-5-3-2-4-6-18)22(20,21)13-10-11(15)9-12(16)14(13)19/h9-10,19H,2-8H2,1H3. The number of hydrogen-bond acceptors (Lipinski definition) is 4. The third kappa shape index (κ3) is 4.06. The number of halogens is 2. The molecule has 0 unspecified atom stereocenters. The Labute approximate surface area is 141 Å². The molecule has 1 heterocycles. The summed E-state index contributed by atoms with van der Waals surface area (Å²) in [6.45, 7) is 3.03. The summed E-state index contributed by atoms with van der Waals surface area (Å²) >= 11 is 11.6. The molecule has 1 saturated heterocycles. The Morgan fingerprint density at radius 1 is 1.23 bits per heavy atom. The number of likely N-dealkylation sites (N-methyl/N-ethyl adjacent to an activating group) is 1. The molecule has 0 aliphatic carbocycles. The summed E-state index contributed by atoms with van der Waals surface area (Å²) in [4.78, 5) is 1.99. The molecule has 0 atom stereocenters. The fraction of sp³-hybridized carbons (Fsp3) is 0.571. The Morgan fingerprint density at radius 3 is 2.50 bits per heavy atom. The molecule has 0 saturated carbocycles. The Hall–Kier alpha value is -0.530. The summed E-state index contributed by atoms with van der Waals surface area (Å²) in [5, 5.41) is 10.0. The predicted octanol–water partition coefficient (Wildman–Crippen LogP) is 2.81. The Kier molecular flexibility index (Phi) is 5.96. The number of likely N-dealkylation sites (tertiary alicyclic amines) is 1. The maximum Gasteiger partial charge on any atom is 0.246 e. The van der Waals surface area contributed by atoms with Gasteiger partial charge in [0.1, 0.15) is 4.90 Å². The average Bonchev–Trinajstić information content (AvgIpc) is 2.49. The van der Waals surface area contributed by atoms with Crippen molar-refractivity contribution in [3.63, 3.8) is 0 Å². The van der Waals surface area contributed by atoms with Crippen LogP contribution >= 0.6 is 23.2 Å². The van der Waals surface area contributed by atoms with E-state index in [0.29, 0.717) is 13.1 Å². The molecule has 8 heteroatoms. The molecule has 5 nitrogen and oxygen atoms in total. The number of nitrogens with zero attached hydrogens (tertiary/aromatic N) is 2. The predicted molar refractivity (Wildman–Crippen MR) is 88.2 cm³/mol. The quantitative estimate of drug-likeness (QED) is 0.870. The second-order valence-electron chi connectivity index (χ2n) is 5.46. The first-order chi connectivity index (χ1) is 10.3. The van der Waals surface area contributed by atoms with Gasteiger partial charge in [-0.1, -0.05) is 29.6 Å². The van der Waals surface area contributed by atoms with E-state index >= 15 is 0 Å². The van der Waals surface area contributed by atoms with Crippen molar-refractivity contribution in [1.82, 2.24) is 9.21 Å². The fourth-order valence-electron chi connectivity index (χ4n) is 2.49. The largest absolute Gasteiger partial charge is 0.505 e. The van der Waals surface area contributed by atoms with E-state index in [-0.39, 0.29) is 14.9 Å². The highest BCUT2D eigenvalue weighted by atomic mass is 35.5. The molecule has 0 amide bonds. The van der Waals surface area contributed by atoms with Gasteiger partial charge in [0.05, 0.1) is 5.02 Å². The average molecular weight is 367 g/mol. The number of phenolic OH excluding ortho intramolecular Hbond substituents is 1. The van der Waals surface area contributed by atoms with E-state index in [1.54, 1.807) is 0 Å². The molecule has 1 N–H and O–H groups in total. The topological polar surface area (TPSA) is 60.9 Å². The number of phenols is 1. The van der Waals surface area contributed by atoms with E-state index in [0.717, 1.165) is 25.9 Å². The highest BCUT2D eigenvalue weighted by Crippen LogP contribution is 2.35. The van der Waals surface area contributed by atoms with Crippen molar-refractivity contribution >= 4 is 33.2 Å². The fourth-order valence-corrected chi connectivity index (χ4v) is 4.39. The maximum absolute atomic E-state index is 12.6. The van der Waals surface area contributed by atoms with E-state index in [1.807, 2.05) is 0 Å². The lowest BCUT2D eigenvalue weighted by atomic mass is 10.1. The Morgan fingerprint density at radius 2 is 1.86 bits per heavy atom. The summed E-state index contributed by atoms with van der Waals surface area (Å²) in [5.74, 6) is -0.462. The first-order valence-electron chi connectivity index (χ1n) is 7.19. The minimum absolute atomic E-state index is 0.0736. The minimum atomic E-state index is -3.83. The minimum Gasteiger partial charge on any atom is -0.505 e. The van der Waals surface area contributed by atoms with Crippen LogP contribution in [-0.4, -0.2) is 56.0 Å². The third-order valence-corrected chi connectivity index (χ3v) is 6.24. The van der Waals surface area contributed by atoms with Gasteiger partial charge in [-0.05, 0) is 38.1 Å². The molecule has 1 aromatic carbocycles. The molecule has 0 radical (unpaired) electrons. The van der Waals surface area contributed by atoms with Crippen LogP contribution in [0.1, 0.15) is 19.3 Å². The second-order valence-corrected chi connectivity index (χ2v) is 8.32. The highest BCUT2D eigenvalue weighted by Gasteiger charge is 2.26. The van der Waals surface area contributed by atoms with E-state index in [4.69, 9.17) is 23.2 Å². The number of aromatic hydroxyl groups is 1. The Bertz CT molecular complexity index is 631. The van der Waals surface area contributed by atoms with Crippen LogP contribution in [0.25, 0.3) is 0 Å². The molecule has 1 aliphatic rings. The summed E-state index contributed by atoms with van der Waals surface area (Å²) in [5.41, 5.74) is 0.